The van der Waals surface area contributed by atoms with Gasteiger partial charge in [0.2, 0.25) is 5.91 Å². The lowest BCUT2D eigenvalue weighted by molar-refractivity contribution is -0.119. The zero-order valence-corrected chi connectivity index (χ0v) is 18.2. The molecule has 5 rings (SSSR count). The molecule has 1 N–H and O–H groups in total. The van der Waals surface area contributed by atoms with Crippen molar-refractivity contribution in [1.29, 1.82) is 0 Å². The van der Waals surface area contributed by atoms with Gasteiger partial charge in [0, 0.05) is 29.6 Å². The van der Waals surface area contributed by atoms with Crippen molar-refractivity contribution in [1.82, 2.24) is 24.9 Å². The van der Waals surface area contributed by atoms with Crippen LogP contribution >= 0.6 is 0 Å². The summed E-state index contributed by atoms with van der Waals surface area (Å²) in [6.07, 6.45) is 1.96. The smallest absolute Gasteiger partial charge is 0.217 e. The molecule has 6 heteroatoms. The van der Waals surface area contributed by atoms with Crippen LogP contribution in [0.3, 0.4) is 0 Å². The van der Waals surface area contributed by atoms with Gasteiger partial charge in [0.15, 0.2) is 5.65 Å². The van der Waals surface area contributed by atoms with Crippen molar-refractivity contribution in [3.63, 3.8) is 0 Å². The van der Waals surface area contributed by atoms with Crippen molar-refractivity contribution in [2.75, 3.05) is 0 Å². The van der Waals surface area contributed by atoms with Crippen LogP contribution in [0.2, 0.25) is 0 Å². The Morgan fingerprint density at radius 1 is 0.969 bits per heavy atom. The molecule has 0 radical (unpaired) electrons. The van der Waals surface area contributed by atoms with Crippen LogP contribution in [0.1, 0.15) is 31.3 Å². The standard InChI is InChI=1S/C26H23N5O/c1-16(27-18(3)32)19-9-11-21(12-10-19)25-22(20-7-5-4-6-8-20)15-23-24(28-25)13-14-31-17(2)29-30-26(23)31/h4-16H,1-3H3,(H,27,32)/t16-/m1/s1. The van der Waals surface area contributed by atoms with E-state index < -0.39 is 0 Å². The number of hydrogen-bond donors (Lipinski definition) is 1. The van der Waals surface area contributed by atoms with E-state index in [1.807, 2.05) is 60.8 Å². The van der Waals surface area contributed by atoms with Gasteiger partial charge >= 0.3 is 0 Å². The molecule has 2 aromatic carbocycles. The van der Waals surface area contributed by atoms with Crippen molar-refractivity contribution in [3.05, 3.63) is 84.3 Å². The monoisotopic (exact) mass is 421 g/mol. The Morgan fingerprint density at radius 2 is 1.72 bits per heavy atom. The van der Waals surface area contributed by atoms with Crippen LogP contribution in [-0.4, -0.2) is 25.5 Å². The molecule has 0 aliphatic heterocycles. The second kappa shape index (κ2) is 7.89. The van der Waals surface area contributed by atoms with Crippen LogP contribution in [0.5, 0.6) is 0 Å². The zero-order valence-electron chi connectivity index (χ0n) is 18.2. The highest BCUT2D eigenvalue weighted by atomic mass is 16.1. The Morgan fingerprint density at radius 3 is 2.44 bits per heavy atom. The van der Waals surface area contributed by atoms with Gasteiger partial charge in [0.25, 0.3) is 0 Å². The van der Waals surface area contributed by atoms with Gasteiger partial charge in [-0.25, -0.2) is 4.98 Å². The van der Waals surface area contributed by atoms with Gasteiger partial charge in [-0.2, -0.15) is 0 Å². The first-order valence-electron chi connectivity index (χ1n) is 10.6. The molecular weight excluding hydrogens is 398 g/mol. The maximum Gasteiger partial charge on any atom is 0.217 e. The van der Waals surface area contributed by atoms with Gasteiger partial charge in [0.1, 0.15) is 5.82 Å². The van der Waals surface area contributed by atoms with Gasteiger partial charge < -0.3 is 5.32 Å². The molecule has 0 spiro atoms. The van der Waals surface area contributed by atoms with Crippen molar-refractivity contribution in [2.45, 2.75) is 26.8 Å². The van der Waals surface area contributed by atoms with E-state index in [2.05, 4.69) is 45.8 Å². The Balaban J connectivity index is 1.69. The molecule has 3 aromatic heterocycles. The van der Waals surface area contributed by atoms with E-state index in [1.54, 1.807) is 0 Å². The lowest BCUT2D eigenvalue weighted by Gasteiger charge is -2.15. The summed E-state index contributed by atoms with van der Waals surface area (Å²) in [4.78, 5) is 16.5. The van der Waals surface area contributed by atoms with Crippen molar-refractivity contribution >= 4 is 22.5 Å². The van der Waals surface area contributed by atoms with Gasteiger partial charge in [-0.1, -0.05) is 54.6 Å². The Bertz CT molecular complexity index is 1440. The molecule has 1 atom stereocenters. The number of nitrogens with one attached hydrogen (secondary N) is 1. The van der Waals surface area contributed by atoms with Gasteiger partial charge in [-0.05, 0) is 37.1 Å². The van der Waals surface area contributed by atoms with Crippen LogP contribution in [0.15, 0.2) is 72.9 Å². The van der Waals surface area contributed by atoms with Crippen molar-refractivity contribution in [2.24, 2.45) is 0 Å². The van der Waals surface area contributed by atoms with E-state index in [0.717, 1.165) is 50.3 Å². The third-order valence-corrected chi connectivity index (χ3v) is 5.73. The van der Waals surface area contributed by atoms with Gasteiger partial charge in [-0.15, -0.1) is 10.2 Å². The SMILES string of the molecule is CC(=O)N[C@H](C)c1ccc(-c2nc3ccn4c(C)nnc4c3cc2-c2ccccc2)cc1. The van der Waals surface area contributed by atoms with Gasteiger partial charge in [0.05, 0.1) is 17.3 Å². The number of benzene rings is 2. The minimum absolute atomic E-state index is 0.0424. The summed E-state index contributed by atoms with van der Waals surface area (Å²) < 4.78 is 1.98. The predicted molar refractivity (Wildman–Crippen MR) is 126 cm³/mol. The minimum atomic E-state index is -0.0517. The Hall–Kier alpha value is -4.06. The topological polar surface area (TPSA) is 72.2 Å². The van der Waals surface area contributed by atoms with Crippen molar-refractivity contribution in [3.8, 4) is 22.4 Å². The minimum Gasteiger partial charge on any atom is -0.350 e. The first kappa shape index (κ1) is 19.9. The molecule has 0 bridgehead atoms. The number of nitrogens with zero attached hydrogens (tertiary/aromatic N) is 4. The molecule has 32 heavy (non-hydrogen) atoms. The lowest BCUT2D eigenvalue weighted by Crippen LogP contribution is -2.23. The fraction of sp³-hybridized carbons (Fsp3) is 0.154. The quantitative estimate of drug-likeness (QED) is 0.437. The van der Waals surface area contributed by atoms with Crippen LogP contribution in [0.25, 0.3) is 38.9 Å². The average molecular weight is 422 g/mol. The number of amides is 1. The number of pyridine rings is 2. The fourth-order valence-corrected chi connectivity index (χ4v) is 4.09. The lowest BCUT2D eigenvalue weighted by atomic mass is 9.96. The summed E-state index contributed by atoms with van der Waals surface area (Å²) >= 11 is 0. The van der Waals surface area contributed by atoms with E-state index >= 15 is 0 Å². The number of hydrogen-bond acceptors (Lipinski definition) is 4. The highest BCUT2D eigenvalue weighted by Crippen LogP contribution is 2.34. The molecular formula is C26H23N5O. The molecule has 5 aromatic rings. The fourth-order valence-electron chi connectivity index (χ4n) is 4.09. The summed E-state index contributed by atoms with van der Waals surface area (Å²) in [5.74, 6) is 0.801. The van der Waals surface area contributed by atoms with Crippen LogP contribution in [0.4, 0.5) is 0 Å². The molecule has 0 aliphatic rings. The molecule has 6 nitrogen and oxygen atoms in total. The highest BCUT2D eigenvalue weighted by Gasteiger charge is 2.15. The third kappa shape index (κ3) is 3.50. The molecule has 0 fully saturated rings. The second-order valence-electron chi connectivity index (χ2n) is 7.98. The van der Waals surface area contributed by atoms with E-state index in [-0.39, 0.29) is 11.9 Å². The molecule has 1 amide bonds. The molecule has 0 aliphatic carbocycles. The van der Waals surface area contributed by atoms with Crippen LogP contribution < -0.4 is 5.32 Å². The second-order valence-corrected chi connectivity index (χ2v) is 7.98. The number of aryl methyl sites for hydroxylation is 1. The first-order valence-corrected chi connectivity index (χ1v) is 10.6. The van der Waals surface area contributed by atoms with E-state index in [4.69, 9.17) is 4.98 Å². The van der Waals surface area contributed by atoms with E-state index in [9.17, 15) is 4.79 Å². The van der Waals surface area contributed by atoms with E-state index in [1.165, 1.54) is 6.92 Å². The summed E-state index contributed by atoms with van der Waals surface area (Å²) in [5, 5.41) is 12.5. The van der Waals surface area contributed by atoms with Crippen LogP contribution in [0, 0.1) is 6.92 Å². The summed E-state index contributed by atoms with van der Waals surface area (Å²) in [6.45, 7) is 5.45. The number of aromatic nitrogens is 4. The largest absolute Gasteiger partial charge is 0.350 e. The average Bonchev–Trinajstić information content (AvgIpc) is 3.19. The number of fused-ring (bicyclic) bond motifs is 3. The molecule has 158 valence electrons. The maximum atomic E-state index is 11.4. The molecule has 0 unspecified atom stereocenters. The third-order valence-electron chi connectivity index (χ3n) is 5.73. The normalized spacial score (nSPS) is 12.2. The predicted octanol–water partition coefficient (Wildman–Crippen LogP) is 5.12. The van der Waals surface area contributed by atoms with Crippen molar-refractivity contribution < 1.29 is 4.79 Å². The highest BCUT2D eigenvalue weighted by molar-refractivity contribution is 5.98. The van der Waals surface area contributed by atoms with Gasteiger partial charge in [-0.3, -0.25) is 9.20 Å². The summed E-state index contributed by atoms with van der Waals surface area (Å²) in [5.41, 5.74) is 6.77. The number of carbonyl (C=O) groups excluding carboxylic acids is 1. The Kier molecular flexibility index (Phi) is 4.90. The number of rotatable bonds is 4. The number of carbonyl (C=O) groups is 1. The molecule has 0 saturated heterocycles. The first-order chi connectivity index (χ1) is 15.5. The molecule has 0 saturated carbocycles. The molecule has 3 heterocycles. The maximum absolute atomic E-state index is 11.4. The summed E-state index contributed by atoms with van der Waals surface area (Å²) in [6, 6.07) is 22.6. The van der Waals surface area contributed by atoms with E-state index in [0.29, 0.717) is 0 Å². The zero-order chi connectivity index (χ0) is 22.2. The Labute approximate surface area is 186 Å². The van der Waals surface area contributed by atoms with Crippen LogP contribution in [-0.2, 0) is 4.79 Å². The summed E-state index contributed by atoms with van der Waals surface area (Å²) in [7, 11) is 0.